The van der Waals surface area contributed by atoms with Crippen molar-refractivity contribution in [3.63, 3.8) is 0 Å². The molecule has 0 bridgehead atoms. The van der Waals surface area contributed by atoms with Crippen LogP contribution in [0.2, 0.25) is 0 Å². The first-order valence-corrected chi connectivity index (χ1v) is 6.52. The molecule has 1 aromatic heterocycles. The summed E-state index contributed by atoms with van der Waals surface area (Å²) in [4.78, 5) is 11.8. The third-order valence-corrected chi connectivity index (χ3v) is 3.09. The highest BCUT2D eigenvalue weighted by molar-refractivity contribution is 5.79. The van der Waals surface area contributed by atoms with Gasteiger partial charge < -0.3 is 5.32 Å². The van der Waals surface area contributed by atoms with Gasteiger partial charge >= 0.3 is 0 Å². The summed E-state index contributed by atoms with van der Waals surface area (Å²) in [6.45, 7) is 6.41. The molecule has 1 heterocycles. The minimum atomic E-state index is -0.295. The number of amides is 1. The normalized spacial score (nSPS) is 12.2. The molecule has 4 nitrogen and oxygen atoms in total. The zero-order valence-corrected chi connectivity index (χ0v) is 11.6. The summed E-state index contributed by atoms with van der Waals surface area (Å²) in [6, 6.07) is 9.71. The van der Waals surface area contributed by atoms with Crippen LogP contribution >= 0.6 is 0 Å². The third-order valence-electron chi connectivity index (χ3n) is 3.09. The lowest BCUT2D eigenvalue weighted by atomic mass is 10.1. The van der Waals surface area contributed by atoms with E-state index in [1.807, 2.05) is 57.3 Å². The molecule has 1 unspecified atom stereocenters. The molecule has 0 aliphatic heterocycles. The second kappa shape index (κ2) is 5.69. The van der Waals surface area contributed by atoms with Crippen LogP contribution < -0.4 is 5.32 Å². The molecule has 2 rings (SSSR count). The van der Waals surface area contributed by atoms with Gasteiger partial charge in [-0.15, -0.1) is 0 Å². The SMILES string of the molecule is CCNC(=O)C(C)n1cc(C)c(-c2ccccc2)n1. The van der Waals surface area contributed by atoms with Crippen LogP contribution in [0.25, 0.3) is 11.3 Å². The van der Waals surface area contributed by atoms with Crippen LogP contribution in [0.3, 0.4) is 0 Å². The Kier molecular flexibility index (Phi) is 4.00. The van der Waals surface area contributed by atoms with E-state index < -0.39 is 0 Å². The topological polar surface area (TPSA) is 46.9 Å². The zero-order chi connectivity index (χ0) is 13.8. The lowest BCUT2D eigenvalue weighted by Crippen LogP contribution is -2.30. The van der Waals surface area contributed by atoms with Gasteiger partial charge in [0.2, 0.25) is 5.91 Å². The molecule has 0 fully saturated rings. The maximum absolute atomic E-state index is 11.8. The standard InChI is InChI=1S/C15H19N3O/c1-4-16-15(19)12(3)18-10-11(2)14(17-18)13-8-6-5-7-9-13/h5-10,12H,4H2,1-3H3,(H,16,19). The Hall–Kier alpha value is -2.10. The highest BCUT2D eigenvalue weighted by Gasteiger charge is 2.17. The molecular formula is C15H19N3O. The van der Waals surface area contributed by atoms with Crippen LogP contribution in [0, 0.1) is 6.92 Å². The van der Waals surface area contributed by atoms with Gasteiger partial charge in [0.05, 0.1) is 5.69 Å². The van der Waals surface area contributed by atoms with Crippen molar-refractivity contribution in [3.05, 3.63) is 42.1 Å². The van der Waals surface area contributed by atoms with E-state index in [0.717, 1.165) is 16.8 Å². The fraction of sp³-hybridized carbons (Fsp3) is 0.333. The molecule has 0 aliphatic rings. The Morgan fingerprint density at radius 2 is 2.05 bits per heavy atom. The molecule has 0 saturated carbocycles. The van der Waals surface area contributed by atoms with Crippen molar-refractivity contribution in [2.75, 3.05) is 6.54 Å². The number of aryl methyl sites for hydroxylation is 1. The molecule has 19 heavy (non-hydrogen) atoms. The molecule has 1 atom stereocenters. The van der Waals surface area contributed by atoms with Gasteiger partial charge in [0.25, 0.3) is 0 Å². The third kappa shape index (κ3) is 2.84. The fourth-order valence-electron chi connectivity index (χ4n) is 2.00. The first-order valence-electron chi connectivity index (χ1n) is 6.52. The Balaban J connectivity index is 2.29. The Morgan fingerprint density at radius 1 is 1.37 bits per heavy atom. The molecule has 0 saturated heterocycles. The number of nitrogens with one attached hydrogen (secondary N) is 1. The minimum Gasteiger partial charge on any atom is -0.355 e. The van der Waals surface area contributed by atoms with Crippen molar-refractivity contribution in [3.8, 4) is 11.3 Å². The summed E-state index contributed by atoms with van der Waals surface area (Å²) in [7, 11) is 0. The molecule has 1 N–H and O–H groups in total. The largest absolute Gasteiger partial charge is 0.355 e. The van der Waals surface area contributed by atoms with E-state index in [-0.39, 0.29) is 11.9 Å². The van der Waals surface area contributed by atoms with E-state index in [1.165, 1.54) is 0 Å². The van der Waals surface area contributed by atoms with Crippen LogP contribution in [0.1, 0.15) is 25.5 Å². The summed E-state index contributed by atoms with van der Waals surface area (Å²) in [6.07, 6.45) is 1.92. The highest BCUT2D eigenvalue weighted by Crippen LogP contribution is 2.22. The zero-order valence-electron chi connectivity index (χ0n) is 11.6. The molecule has 1 aromatic carbocycles. The smallest absolute Gasteiger partial charge is 0.244 e. The predicted molar refractivity (Wildman–Crippen MR) is 75.8 cm³/mol. The summed E-state index contributed by atoms with van der Waals surface area (Å²) < 4.78 is 1.72. The average Bonchev–Trinajstić information content (AvgIpc) is 2.81. The maximum atomic E-state index is 11.8. The van der Waals surface area contributed by atoms with Crippen molar-refractivity contribution in [1.82, 2.24) is 15.1 Å². The Morgan fingerprint density at radius 3 is 2.68 bits per heavy atom. The van der Waals surface area contributed by atoms with Crippen LogP contribution in [-0.2, 0) is 4.79 Å². The summed E-state index contributed by atoms with van der Waals surface area (Å²) in [5.74, 6) is -0.00962. The van der Waals surface area contributed by atoms with Crippen LogP contribution in [0.4, 0.5) is 0 Å². The van der Waals surface area contributed by atoms with Crippen molar-refractivity contribution < 1.29 is 4.79 Å². The van der Waals surface area contributed by atoms with Gasteiger partial charge in [-0.1, -0.05) is 30.3 Å². The summed E-state index contributed by atoms with van der Waals surface area (Å²) in [5, 5.41) is 7.35. The molecule has 4 heteroatoms. The van der Waals surface area contributed by atoms with E-state index in [2.05, 4.69) is 10.4 Å². The van der Waals surface area contributed by atoms with Gasteiger partial charge in [0.1, 0.15) is 6.04 Å². The van der Waals surface area contributed by atoms with Gasteiger partial charge in [-0.3, -0.25) is 9.48 Å². The minimum absolute atomic E-state index is 0.00962. The number of hydrogen-bond donors (Lipinski definition) is 1. The predicted octanol–water partition coefficient (Wildman–Crippen LogP) is 2.56. The summed E-state index contributed by atoms with van der Waals surface area (Å²) in [5.41, 5.74) is 3.07. The van der Waals surface area contributed by atoms with Crippen LogP contribution in [-0.4, -0.2) is 22.2 Å². The first-order chi connectivity index (χ1) is 9.13. The number of hydrogen-bond acceptors (Lipinski definition) is 2. The van der Waals surface area contributed by atoms with E-state index >= 15 is 0 Å². The molecule has 0 radical (unpaired) electrons. The second-order valence-electron chi connectivity index (χ2n) is 4.58. The van der Waals surface area contributed by atoms with Gasteiger partial charge in [0.15, 0.2) is 0 Å². The average molecular weight is 257 g/mol. The Bertz CT molecular complexity index is 560. The monoisotopic (exact) mass is 257 g/mol. The van der Waals surface area contributed by atoms with Gasteiger partial charge in [0, 0.05) is 18.3 Å². The number of aromatic nitrogens is 2. The number of rotatable bonds is 4. The lowest BCUT2D eigenvalue weighted by Gasteiger charge is -2.11. The molecule has 1 amide bonds. The van der Waals surface area contributed by atoms with Gasteiger partial charge in [-0.25, -0.2) is 0 Å². The molecule has 100 valence electrons. The highest BCUT2D eigenvalue weighted by atomic mass is 16.2. The van der Waals surface area contributed by atoms with Crippen molar-refractivity contribution >= 4 is 5.91 Å². The van der Waals surface area contributed by atoms with Crippen molar-refractivity contribution in [1.29, 1.82) is 0 Å². The quantitative estimate of drug-likeness (QED) is 0.915. The summed E-state index contributed by atoms with van der Waals surface area (Å²) >= 11 is 0. The van der Waals surface area contributed by atoms with E-state index in [0.29, 0.717) is 6.54 Å². The van der Waals surface area contributed by atoms with Crippen LogP contribution in [0.5, 0.6) is 0 Å². The van der Waals surface area contributed by atoms with Gasteiger partial charge in [-0.05, 0) is 26.3 Å². The number of likely N-dealkylation sites (N-methyl/N-ethyl adjacent to an activating group) is 1. The van der Waals surface area contributed by atoms with E-state index in [9.17, 15) is 4.79 Å². The Labute approximate surface area is 113 Å². The van der Waals surface area contributed by atoms with Crippen LogP contribution in [0.15, 0.2) is 36.5 Å². The number of carbonyl (C=O) groups excluding carboxylic acids is 1. The molecule has 2 aromatic rings. The molecular weight excluding hydrogens is 238 g/mol. The number of benzene rings is 1. The second-order valence-corrected chi connectivity index (χ2v) is 4.58. The van der Waals surface area contributed by atoms with Crippen molar-refractivity contribution in [2.24, 2.45) is 0 Å². The fourth-order valence-corrected chi connectivity index (χ4v) is 2.00. The maximum Gasteiger partial charge on any atom is 0.244 e. The number of carbonyl (C=O) groups is 1. The number of nitrogens with zero attached hydrogens (tertiary/aromatic N) is 2. The first kappa shape index (κ1) is 13.3. The van der Waals surface area contributed by atoms with E-state index in [4.69, 9.17) is 0 Å². The van der Waals surface area contributed by atoms with E-state index in [1.54, 1.807) is 4.68 Å². The molecule has 0 spiro atoms. The molecule has 0 aliphatic carbocycles. The van der Waals surface area contributed by atoms with Gasteiger partial charge in [-0.2, -0.15) is 5.10 Å². The van der Waals surface area contributed by atoms with Crippen molar-refractivity contribution in [2.45, 2.75) is 26.8 Å². The lowest BCUT2D eigenvalue weighted by molar-refractivity contribution is -0.124.